The van der Waals surface area contributed by atoms with Crippen molar-refractivity contribution in [3.05, 3.63) is 95.6 Å². The number of nitriles is 1. The van der Waals surface area contributed by atoms with Gasteiger partial charge >= 0.3 is 0 Å². The van der Waals surface area contributed by atoms with Gasteiger partial charge in [-0.1, -0.05) is 92.9 Å². The topological polar surface area (TPSA) is 73.2 Å². The van der Waals surface area contributed by atoms with E-state index in [0.29, 0.717) is 11.6 Å². The van der Waals surface area contributed by atoms with E-state index in [1.165, 1.54) is 0 Å². The quantitative estimate of drug-likeness (QED) is 0.275. The number of anilines is 1. The summed E-state index contributed by atoms with van der Waals surface area (Å²) in [5, 5.41) is 10.2. The van der Waals surface area contributed by atoms with Crippen LogP contribution in [0.2, 0.25) is 0 Å². The van der Waals surface area contributed by atoms with E-state index in [1.54, 1.807) is 12.1 Å². The number of nitrogens with zero attached hydrogens (tertiary/aromatic N) is 2. The van der Waals surface area contributed by atoms with E-state index < -0.39 is 15.4 Å². The van der Waals surface area contributed by atoms with Crippen LogP contribution in [-0.4, -0.2) is 26.4 Å². The zero-order valence-electron chi connectivity index (χ0n) is 23.4. The zero-order valence-corrected chi connectivity index (χ0v) is 24.3. The molecule has 1 saturated heterocycles. The fourth-order valence-electron chi connectivity index (χ4n) is 5.77. The summed E-state index contributed by atoms with van der Waals surface area (Å²) in [5.74, 6) is 0.922. The molecule has 4 rings (SSSR count). The summed E-state index contributed by atoms with van der Waals surface area (Å²) in [6, 6.07) is 27.6. The molecule has 1 unspecified atom stereocenters. The molecule has 0 bridgehead atoms. The Morgan fingerprint density at radius 2 is 1.62 bits per heavy atom. The van der Waals surface area contributed by atoms with Crippen molar-refractivity contribution in [3.8, 4) is 6.07 Å². The van der Waals surface area contributed by atoms with Crippen molar-refractivity contribution in [3.63, 3.8) is 0 Å². The lowest BCUT2D eigenvalue weighted by Crippen LogP contribution is -2.34. The number of hydrogen-bond donors (Lipinski definition) is 1. The minimum atomic E-state index is -3.64. The van der Waals surface area contributed by atoms with E-state index in [9.17, 15) is 13.7 Å². The van der Waals surface area contributed by atoms with Crippen LogP contribution < -0.4 is 4.72 Å². The normalized spacial score (nSPS) is 16.5. The second-order valence-electron chi connectivity index (χ2n) is 11.3. The number of likely N-dealkylation sites (tertiary alicyclic amines) is 1. The number of piperidine rings is 1. The largest absolute Gasteiger partial charge is 0.299 e. The number of para-hydroxylation sites is 1. The first kappa shape index (κ1) is 28.9. The molecule has 206 valence electrons. The first-order valence-electron chi connectivity index (χ1n) is 14.1. The molecular weight excluding hydrogens is 502 g/mol. The maximum absolute atomic E-state index is 13.0. The van der Waals surface area contributed by atoms with Crippen molar-refractivity contribution in [2.45, 2.75) is 69.7 Å². The molecule has 3 aromatic rings. The second kappa shape index (κ2) is 12.8. The van der Waals surface area contributed by atoms with E-state index in [2.05, 4.69) is 41.7 Å². The van der Waals surface area contributed by atoms with Crippen molar-refractivity contribution < 1.29 is 8.42 Å². The van der Waals surface area contributed by atoms with Gasteiger partial charge in [0.15, 0.2) is 0 Å². The minimum absolute atomic E-state index is 0.259. The van der Waals surface area contributed by atoms with Gasteiger partial charge in [-0.15, -0.1) is 0 Å². The van der Waals surface area contributed by atoms with Crippen LogP contribution in [0.3, 0.4) is 0 Å². The molecule has 1 N–H and O–H groups in total. The van der Waals surface area contributed by atoms with E-state index in [4.69, 9.17) is 0 Å². The molecule has 1 aliphatic heterocycles. The summed E-state index contributed by atoms with van der Waals surface area (Å²) < 4.78 is 28.8. The molecule has 1 heterocycles. The van der Waals surface area contributed by atoms with Gasteiger partial charge in [0.1, 0.15) is 0 Å². The SMILES string of the molecule is Cc1ccc(S(=O)(=O)Nc2ccccc2CN2CCC(CCCC(C#N)(c3ccccc3)C(C)C)CC2)cc1. The van der Waals surface area contributed by atoms with E-state index in [0.717, 1.165) is 68.4 Å². The van der Waals surface area contributed by atoms with Crippen LogP contribution in [0.1, 0.15) is 62.6 Å². The van der Waals surface area contributed by atoms with Crippen LogP contribution in [0, 0.1) is 30.1 Å². The summed E-state index contributed by atoms with van der Waals surface area (Å²) in [4.78, 5) is 2.70. The number of aryl methyl sites for hydroxylation is 1. The Morgan fingerprint density at radius 1 is 0.974 bits per heavy atom. The predicted molar refractivity (Wildman–Crippen MR) is 159 cm³/mol. The molecule has 0 saturated carbocycles. The maximum atomic E-state index is 13.0. The number of benzene rings is 3. The molecule has 39 heavy (non-hydrogen) atoms. The van der Waals surface area contributed by atoms with Gasteiger partial charge < -0.3 is 0 Å². The van der Waals surface area contributed by atoms with Gasteiger partial charge in [0, 0.05) is 6.54 Å². The molecule has 1 aliphatic rings. The molecule has 0 aromatic heterocycles. The van der Waals surface area contributed by atoms with E-state index in [-0.39, 0.29) is 10.8 Å². The summed E-state index contributed by atoms with van der Waals surface area (Å²) >= 11 is 0. The van der Waals surface area contributed by atoms with Crippen molar-refractivity contribution in [1.82, 2.24) is 4.90 Å². The zero-order chi connectivity index (χ0) is 27.9. The van der Waals surface area contributed by atoms with Crippen LogP contribution in [0.25, 0.3) is 0 Å². The number of rotatable bonds is 11. The average Bonchev–Trinajstić information content (AvgIpc) is 2.93. The molecule has 0 radical (unpaired) electrons. The van der Waals surface area contributed by atoms with Crippen LogP contribution in [-0.2, 0) is 22.0 Å². The van der Waals surface area contributed by atoms with Gasteiger partial charge in [0.25, 0.3) is 10.0 Å². The van der Waals surface area contributed by atoms with E-state index >= 15 is 0 Å². The Labute approximate surface area is 234 Å². The van der Waals surface area contributed by atoms with Gasteiger partial charge in [-0.25, -0.2) is 8.42 Å². The molecule has 1 fully saturated rings. The van der Waals surface area contributed by atoms with Gasteiger partial charge in [-0.3, -0.25) is 9.62 Å². The first-order chi connectivity index (χ1) is 18.7. The van der Waals surface area contributed by atoms with Crippen LogP contribution in [0.5, 0.6) is 0 Å². The van der Waals surface area contributed by atoms with E-state index in [1.807, 2.05) is 61.5 Å². The number of nitrogens with one attached hydrogen (secondary N) is 1. The van der Waals surface area contributed by atoms with Crippen molar-refractivity contribution in [1.29, 1.82) is 5.26 Å². The number of hydrogen-bond acceptors (Lipinski definition) is 4. The lowest BCUT2D eigenvalue weighted by molar-refractivity contribution is 0.168. The third kappa shape index (κ3) is 7.09. The molecule has 0 spiro atoms. The van der Waals surface area contributed by atoms with Crippen molar-refractivity contribution in [2.75, 3.05) is 17.8 Å². The lowest BCUT2D eigenvalue weighted by atomic mass is 9.69. The molecule has 0 aliphatic carbocycles. The van der Waals surface area contributed by atoms with Crippen LogP contribution in [0.15, 0.2) is 83.8 Å². The molecule has 6 heteroatoms. The van der Waals surface area contributed by atoms with Gasteiger partial charge in [0.05, 0.1) is 22.1 Å². The molecule has 1 atom stereocenters. The third-order valence-corrected chi connectivity index (χ3v) is 9.73. The lowest BCUT2D eigenvalue weighted by Gasteiger charge is -2.34. The average molecular weight is 544 g/mol. The highest BCUT2D eigenvalue weighted by atomic mass is 32.2. The summed E-state index contributed by atoms with van der Waals surface area (Å²) in [5.41, 5.74) is 3.36. The fourth-order valence-corrected chi connectivity index (χ4v) is 6.87. The highest BCUT2D eigenvalue weighted by Crippen LogP contribution is 2.38. The Kier molecular flexibility index (Phi) is 9.48. The van der Waals surface area contributed by atoms with Gasteiger partial charge in [-0.05, 0) is 80.4 Å². The van der Waals surface area contributed by atoms with Gasteiger partial charge in [-0.2, -0.15) is 5.26 Å². The Morgan fingerprint density at radius 3 is 2.26 bits per heavy atom. The minimum Gasteiger partial charge on any atom is -0.299 e. The Hall–Kier alpha value is -3.14. The highest BCUT2D eigenvalue weighted by molar-refractivity contribution is 7.92. The molecule has 0 amide bonds. The number of sulfonamides is 1. The van der Waals surface area contributed by atoms with Crippen molar-refractivity contribution in [2.24, 2.45) is 11.8 Å². The van der Waals surface area contributed by atoms with Gasteiger partial charge in [0.2, 0.25) is 0 Å². The Balaban J connectivity index is 1.31. The maximum Gasteiger partial charge on any atom is 0.261 e. The summed E-state index contributed by atoms with van der Waals surface area (Å²) in [6.07, 6.45) is 5.34. The summed E-state index contributed by atoms with van der Waals surface area (Å²) in [7, 11) is -3.64. The third-order valence-electron chi connectivity index (χ3n) is 8.35. The first-order valence-corrected chi connectivity index (χ1v) is 15.6. The summed E-state index contributed by atoms with van der Waals surface area (Å²) in [6.45, 7) is 8.98. The molecule has 5 nitrogen and oxygen atoms in total. The standard InChI is InChI=1S/C33H41N3O2S/c1-26(2)33(25-34,30-12-5-4-6-13-30)21-9-10-28-19-22-36(23-20-28)24-29-11-7-8-14-32(29)35-39(37,38)31-17-15-27(3)16-18-31/h4-8,11-18,26,28,35H,9-10,19-24H2,1-3H3. The second-order valence-corrected chi connectivity index (χ2v) is 13.0. The molecule has 3 aromatic carbocycles. The Bertz CT molecular complexity index is 1360. The van der Waals surface area contributed by atoms with Crippen LogP contribution >= 0.6 is 0 Å². The highest BCUT2D eigenvalue weighted by Gasteiger charge is 2.35. The smallest absolute Gasteiger partial charge is 0.261 e. The van der Waals surface area contributed by atoms with Crippen LogP contribution in [0.4, 0.5) is 5.69 Å². The monoisotopic (exact) mass is 543 g/mol. The fraction of sp³-hybridized carbons (Fsp3) is 0.424. The predicted octanol–water partition coefficient (Wildman–Crippen LogP) is 7.30. The molecular formula is C33H41N3O2S. The van der Waals surface area contributed by atoms with Crippen molar-refractivity contribution >= 4 is 15.7 Å².